The summed E-state index contributed by atoms with van der Waals surface area (Å²) < 4.78 is 0. The Hall–Kier alpha value is -1.12. The van der Waals surface area contributed by atoms with Crippen molar-refractivity contribution < 1.29 is 9.59 Å². The predicted octanol–water partition coefficient (Wildman–Crippen LogP) is 4.93. The van der Waals surface area contributed by atoms with E-state index in [1.807, 2.05) is 6.08 Å². The molecule has 0 aliphatic heterocycles. The number of ketones is 1. The highest BCUT2D eigenvalue weighted by Gasteiger charge is 2.33. The maximum absolute atomic E-state index is 12.1. The Morgan fingerprint density at radius 1 is 1.09 bits per heavy atom. The molecule has 132 valence electrons. The second-order valence-electron chi connectivity index (χ2n) is 7.02. The molecule has 3 nitrogen and oxygen atoms in total. The van der Waals surface area contributed by atoms with Gasteiger partial charge < -0.3 is 5.73 Å². The van der Waals surface area contributed by atoms with Gasteiger partial charge in [0.1, 0.15) is 5.78 Å². The molecule has 1 fully saturated rings. The second kappa shape index (κ2) is 12.3. The van der Waals surface area contributed by atoms with Crippen LogP contribution < -0.4 is 5.73 Å². The molecular formula is C20H35NO2. The Labute approximate surface area is 142 Å². The number of amides is 1. The van der Waals surface area contributed by atoms with Crippen molar-refractivity contribution in [3.63, 3.8) is 0 Å². The number of hydrogen-bond acceptors (Lipinski definition) is 2. The molecule has 3 heteroatoms. The molecule has 2 N–H and O–H groups in total. The van der Waals surface area contributed by atoms with Crippen LogP contribution >= 0.6 is 0 Å². The van der Waals surface area contributed by atoms with E-state index in [1.165, 1.54) is 51.0 Å². The third-order valence-electron chi connectivity index (χ3n) is 5.09. The zero-order valence-electron chi connectivity index (χ0n) is 14.9. The van der Waals surface area contributed by atoms with E-state index in [4.69, 9.17) is 5.73 Å². The first kappa shape index (κ1) is 19.9. The summed E-state index contributed by atoms with van der Waals surface area (Å²) >= 11 is 0. The number of carbonyl (C=O) groups excluding carboxylic acids is 2. The maximum atomic E-state index is 12.1. The largest absolute Gasteiger partial charge is 0.366 e. The van der Waals surface area contributed by atoms with Crippen molar-refractivity contribution in [3.05, 3.63) is 12.2 Å². The summed E-state index contributed by atoms with van der Waals surface area (Å²) in [5, 5.41) is 0. The summed E-state index contributed by atoms with van der Waals surface area (Å²) in [4.78, 5) is 22.7. The summed E-state index contributed by atoms with van der Waals surface area (Å²) in [5.74, 6) is 1.06. The van der Waals surface area contributed by atoms with Crippen molar-refractivity contribution in [1.82, 2.24) is 0 Å². The lowest BCUT2D eigenvalue weighted by Gasteiger charge is -2.18. The molecule has 0 spiro atoms. The van der Waals surface area contributed by atoms with E-state index < -0.39 is 0 Å². The van der Waals surface area contributed by atoms with Gasteiger partial charge in [-0.15, -0.1) is 0 Å². The molecule has 1 aliphatic rings. The van der Waals surface area contributed by atoms with Crippen molar-refractivity contribution in [1.29, 1.82) is 0 Å². The van der Waals surface area contributed by atoms with Gasteiger partial charge in [0, 0.05) is 12.3 Å². The van der Waals surface area contributed by atoms with E-state index in [1.54, 1.807) is 0 Å². The number of rotatable bonds is 13. The fourth-order valence-corrected chi connectivity index (χ4v) is 3.73. The SMILES string of the molecule is CCCCCCCC[C@H]1CCC(=O)[C@@H]1CCCCC=CC(N)=O. The van der Waals surface area contributed by atoms with E-state index in [-0.39, 0.29) is 5.91 Å². The molecule has 0 aromatic heterocycles. The summed E-state index contributed by atoms with van der Waals surface area (Å²) in [6.45, 7) is 2.25. The minimum atomic E-state index is -0.380. The number of Topliss-reactive ketones (excluding diaryl/α,β-unsaturated/α-hetero) is 1. The molecular weight excluding hydrogens is 286 g/mol. The number of carbonyl (C=O) groups is 2. The Bertz CT molecular complexity index is 376. The normalized spacial score (nSPS) is 21.3. The van der Waals surface area contributed by atoms with Crippen molar-refractivity contribution >= 4 is 11.7 Å². The lowest BCUT2D eigenvalue weighted by Crippen LogP contribution is -2.14. The van der Waals surface area contributed by atoms with Crippen molar-refractivity contribution in [2.45, 2.75) is 90.4 Å². The van der Waals surface area contributed by atoms with Gasteiger partial charge >= 0.3 is 0 Å². The van der Waals surface area contributed by atoms with Crippen LogP contribution in [-0.4, -0.2) is 11.7 Å². The third kappa shape index (κ3) is 8.92. The van der Waals surface area contributed by atoms with Crippen molar-refractivity contribution in [3.8, 4) is 0 Å². The van der Waals surface area contributed by atoms with Gasteiger partial charge in [-0.25, -0.2) is 0 Å². The molecule has 1 rings (SSSR count). The monoisotopic (exact) mass is 321 g/mol. The van der Waals surface area contributed by atoms with E-state index in [2.05, 4.69) is 6.92 Å². The molecule has 23 heavy (non-hydrogen) atoms. The van der Waals surface area contributed by atoms with Crippen LogP contribution in [0.15, 0.2) is 12.2 Å². The van der Waals surface area contributed by atoms with Crippen LogP contribution in [0.5, 0.6) is 0 Å². The second-order valence-corrected chi connectivity index (χ2v) is 7.02. The first-order valence-electron chi connectivity index (χ1n) is 9.63. The van der Waals surface area contributed by atoms with Gasteiger partial charge in [0.25, 0.3) is 0 Å². The average molecular weight is 322 g/mol. The molecule has 0 aromatic rings. The molecule has 1 saturated carbocycles. The van der Waals surface area contributed by atoms with Crippen LogP contribution in [0.4, 0.5) is 0 Å². The fourth-order valence-electron chi connectivity index (χ4n) is 3.73. The van der Waals surface area contributed by atoms with Crippen molar-refractivity contribution in [2.75, 3.05) is 0 Å². The maximum Gasteiger partial charge on any atom is 0.241 e. The highest BCUT2D eigenvalue weighted by Crippen LogP contribution is 2.36. The number of primary amides is 1. The first-order valence-corrected chi connectivity index (χ1v) is 9.63. The van der Waals surface area contributed by atoms with E-state index in [0.717, 1.165) is 38.5 Å². The Morgan fingerprint density at radius 3 is 2.52 bits per heavy atom. The number of hydrogen-bond donors (Lipinski definition) is 1. The Kier molecular flexibility index (Phi) is 10.7. The Balaban J connectivity index is 2.15. The van der Waals surface area contributed by atoms with Crippen LogP contribution in [0.3, 0.4) is 0 Å². The third-order valence-corrected chi connectivity index (χ3v) is 5.09. The lowest BCUT2D eigenvalue weighted by molar-refractivity contribution is -0.121. The summed E-state index contributed by atoms with van der Waals surface area (Å²) in [6, 6.07) is 0. The minimum absolute atomic E-state index is 0.311. The van der Waals surface area contributed by atoms with Crippen LogP contribution in [0.1, 0.15) is 90.4 Å². The van der Waals surface area contributed by atoms with Gasteiger partial charge in [-0.2, -0.15) is 0 Å². The van der Waals surface area contributed by atoms with Gasteiger partial charge in [0.15, 0.2) is 0 Å². The molecule has 0 aromatic carbocycles. The van der Waals surface area contributed by atoms with Gasteiger partial charge in [-0.05, 0) is 44.1 Å². The van der Waals surface area contributed by atoms with Gasteiger partial charge in [0.2, 0.25) is 5.91 Å². The molecule has 1 amide bonds. The highest BCUT2D eigenvalue weighted by molar-refractivity contribution is 5.85. The molecule has 0 unspecified atom stereocenters. The van der Waals surface area contributed by atoms with E-state index >= 15 is 0 Å². The van der Waals surface area contributed by atoms with Crippen LogP contribution in [0.2, 0.25) is 0 Å². The van der Waals surface area contributed by atoms with Gasteiger partial charge in [-0.3, -0.25) is 9.59 Å². The van der Waals surface area contributed by atoms with Crippen LogP contribution in [-0.2, 0) is 9.59 Å². The topological polar surface area (TPSA) is 60.2 Å². The quantitative estimate of drug-likeness (QED) is 0.386. The molecule has 2 atom stereocenters. The summed E-state index contributed by atoms with van der Waals surface area (Å²) in [5.41, 5.74) is 5.06. The van der Waals surface area contributed by atoms with E-state index in [0.29, 0.717) is 17.6 Å². The lowest BCUT2D eigenvalue weighted by atomic mass is 9.86. The molecule has 0 bridgehead atoms. The molecule has 0 radical (unpaired) electrons. The smallest absolute Gasteiger partial charge is 0.241 e. The van der Waals surface area contributed by atoms with Crippen LogP contribution in [0, 0.1) is 11.8 Å². The van der Waals surface area contributed by atoms with Crippen molar-refractivity contribution in [2.24, 2.45) is 17.6 Å². The standard InChI is InChI=1S/C20H35NO2/c1-2-3-4-5-6-9-12-17-15-16-19(22)18(17)13-10-7-8-11-14-20(21)23/h11,14,17-18H,2-10,12-13,15-16H2,1H3,(H2,21,23)/t17-,18+/m0/s1. The van der Waals surface area contributed by atoms with E-state index in [9.17, 15) is 9.59 Å². The highest BCUT2D eigenvalue weighted by atomic mass is 16.1. The average Bonchev–Trinajstić information content (AvgIpc) is 2.86. The fraction of sp³-hybridized carbons (Fsp3) is 0.800. The zero-order chi connectivity index (χ0) is 16.9. The van der Waals surface area contributed by atoms with Gasteiger partial charge in [0.05, 0.1) is 0 Å². The minimum Gasteiger partial charge on any atom is -0.366 e. The molecule has 0 saturated heterocycles. The molecule has 1 aliphatic carbocycles. The zero-order valence-corrected chi connectivity index (χ0v) is 14.9. The molecule has 0 heterocycles. The predicted molar refractivity (Wildman–Crippen MR) is 96.0 cm³/mol. The number of allylic oxidation sites excluding steroid dienone is 1. The number of unbranched alkanes of at least 4 members (excludes halogenated alkanes) is 7. The first-order chi connectivity index (χ1) is 11.1. The van der Waals surface area contributed by atoms with Gasteiger partial charge in [-0.1, -0.05) is 57.9 Å². The summed E-state index contributed by atoms with van der Waals surface area (Å²) in [6.07, 6.45) is 18.4. The summed E-state index contributed by atoms with van der Waals surface area (Å²) in [7, 11) is 0. The van der Waals surface area contributed by atoms with Crippen LogP contribution in [0.25, 0.3) is 0 Å². The Morgan fingerprint density at radius 2 is 1.78 bits per heavy atom. The number of nitrogens with two attached hydrogens (primary N) is 1.